The highest BCUT2D eigenvalue weighted by Gasteiger charge is 2.10. The van der Waals surface area contributed by atoms with Crippen molar-refractivity contribution in [2.45, 2.75) is 39.8 Å². The van der Waals surface area contributed by atoms with Gasteiger partial charge in [0.15, 0.2) is 5.96 Å². The number of benzene rings is 1. The van der Waals surface area contributed by atoms with Gasteiger partial charge in [-0.25, -0.2) is 4.99 Å². The second kappa shape index (κ2) is 5.95. The van der Waals surface area contributed by atoms with E-state index in [4.69, 9.17) is 5.73 Å². The van der Waals surface area contributed by atoms with Gasteiger partial charge in [-0.3, -0.25) is 0 Å². The highest BCUT2D eigenvalue weighted by molar-refractivity contribution is 5.78. The summed E-state index contributed by atoms with van der Waals surface area (Å²) in [4.78, 5) is 6.51. The fraction of sp³-hybridized carbons (Fsp3) is 0.533. The monoisotopic (exact) mass is 262 g/mol. The van der Waals surface area contributed by atoms with Gasteiger partial charge in [-0.2, -0.15) is 0 Å². The molecule has 0 aliphatic heterocycles. The number of rotatable bonds is 3. The molecule has 4 nitrogen and oxygen atoms in total. The van der Waals surface area contributed by atoms with Gasteiger partial charge in [-0.05, 0) is 44.9 Å². The summed E-state index contributed by atoms with van der Waals surface area (Å²) in [6, 6.07) is 6.38. The molecule has 0 unspecified atom stereocenters. The van der Waals surface area contributed by atoms with Crippen LogP contribution in [0.4, 0.5) is 5.69 Å². The average Bonchev–Trinajstić information content (AvgIpc) is 2.24. The van der Waals surface area contributed by atoms with Gasteiger partial charge in [-0.1, -0.05) is 12.1 Å². The van der Waals surface area contributed by atoms with Crippen molar-refractivity contribution in [3.8, 4) is 0 Å². The Bertz CT molecular complexity index is 456. The number of aryl methyl sites for hydroxylation is 1. The SMILES string of the molecule is Cc1ccc(CN=C(N)NC(C)(C)C)c(N(C)C)c1. The third-order valence-corrected chi connectivity index (χ3v) is 2.65. The largest absolute Gasteiger partial charge is 0.377 e. The highest BCUT2D eigenvalue weighted by atomic mass is 15.1. The number of nitrogens with one attached hydrogen (secondary N) is 1. The lowest BCUT2D eigenvalue weighted by Crippen LogP contribution is -2.45. The lowest BCUT2D eigenvalue weighted by atomic mass is 10.1. The second-order valence-corrected chi connectivity index (χ2v) is 6.10. The number of nitrogens with two attached hydrogens (primary N) is 1. The van der Waals surface area contributed by atoms with Gasteiger partial charge >= 0.3 is 0 Å². The minimum absolute atomic E-state index is 0.0642. The molecule has 1 aromatic rings. The zero-order valence-corrected chi connectivity index (χ0v) is 12.9. The van der Waals surface area contributed by atoms with Crippen LogP contribution in [0.25, 0.3) is 0 Å². The number of hydrogen-bond acceptors (Lipinski definition) is 2. The number of anilines is 1. The normalized spacial score (nSPS) is 12.4. The van der Waals surface area contributed by atoms with Crippen LogP contribution in [0.1, 0.15) is 31.9 Å². The fourth-order valence-corrected chi connectivity index (χ4v) is 1.82. The quantitative estimate of drug-likeness (QED) is 0.649. The molecule has 0 heterocycles. The summed E-state index contributed by atoms with van der Waals surface area (Å²) in [5.41, 5.74) is 9.43. The van der Waals surface area contributed by atoms with Crippen molar-refractivity contribution < 1.29 is 0 Å². The predicted octanol–water partition coefficient (Wildman–Crippen LogP) is 2.26. The minimum atomic E-state index is -0.0642. The van der Waals surface area contributed by atoms with Crippen LogP contribution in [-0.2, 0) is 6.54 Å². The van der Waals surface area contributed by atoms with E-state index in [-0.39, 0.29) is 5.54 Å². The molecule has 0 amide bonds. The smallest absolute Gasteiger partial charge is 0.189 e. The molecule has 0 bridgehead atoms. The van der Waals surface area contributed by atoms with Crippen LogP contribution < -0.4 is 16.0 Å². The molecule has 0 aromatic heterocycles. The van der Waals surface area contributed by atoms with Crippen molar-refractivity contribution in [1.82, 2.24) is 5.32 Å². The van der Waals surface area contributed by atoms with E-state index >= 15 is 0 Å². The molecule has 0 radical (unpaired) electrons. The molecule has 3 N–H and O–H groups in total. The summed E-state index contributed by atoms with van der Waals surface area (Å²) in [6.07, 6.45) is 0. The van der Waals surface area contributed by atoms with Gasteiger partial charge in [0.25, 0.3) is 0 Å². The molecular formula is C15H26N4. The third kappa shape index (κ3) is 5.20. The lowest BCUT2D eigenvalue weighted by molar-refractivity contribution is 0.508. The Balaban J connectivity index is 2.85. The van der Waals surface area contributed by atoms with Gasteiger partial charge in [0.05, 0.1) is 6.54 Å². The molecule has 0 saturated heterocycles. The molecule has 106 valence electrons. The second-order valence-electron chi connectivity index (χ2n) is 6.10. The number of guanidine groups is 1. The first kappa shape index (κ1) is 15.3. The fourth-order valence-electron chi connectivity index (χ4n) is 1.82. The third-order valence-electron chi connectivity index (χ3n) is 2.65. The van der Waals surface area contributed by atoms with Crippen LogP contribution in [0.2, 0.25) is 0 Å². The molecule has 0 spiro atoms. The van der Waals surface area contributed by atoms with Gasteiger partial charge in [0.2, 0.25) is 0 Å². The molecule has 0 fully saturated rings. The molecule has 0 aliphatic carbocycles. The summed E-state index contributed by atoms with van der Waals surface area (Å²) in [7, 11) is 4.08. The molecule has 1 rings (SSSR count). The van der Waals surface area contributed by atoms with Crippen LogP contribution in [0.15, 0.2) is 23.2 Å². The van der Waals surface area contributed by atoms with E-state index in [2.05, 4.69) is 61.1 Å². The zero-order chi connectivity index (χ0) is 14.6. The first-order valence-corrected chi connectivity index (χ1v) is 6.54. The summed E-state index contributed by atoms with van der Waals surface area (Å²) >= 11 is 0. The Morgan fingerprint density at radius 3 is 2.47 bits per heavy atom. The molecule has 0 saturated carbocycles. The highest BCUT2D eigenvalue weighted by Crippen LogP contribution is 2.21. The summed E-state index contributed by atoms with van der Waals surface area (Å²) in [5.74, 6) is 0.484. The van der Waals surface area contributed by atoms with E-state index in [9.17, 15) is 0 Å². The van der Waals surface area contributed by atoms with E-state index in [0.29, 0.717) is 12.5 Å². The molecule has 0 atom stereocenters. The Morgan fingerprint density at radius 1 is 1.32 bits per heavy atom. The number of hydrogen-bond donors (Lipinski definition) is 2. The maximum absolute atomic E-state index is 5.89. The Kier molecular flexibility index (Phi) is 4.81. The van der Waals surface area contributed by atoms with Crippen LogP contribution in [0, 0.1) is 6.92 Å². The van der Waals surface area contributed by atoms with Crippen molar-refractivity contribution >= 4 is 11.6 Å². The van der Waals surface area contributed by atoms with E-state index < -0.39 is 0 Å². The molecule has 0 aliphatic rings. The maximum Gasteiger partial charge on any atom is 0.189 e. The molecule has 19 heavy (non-hydrogen) atoms. The van der Waals surface area contributed by atoms with Crippen molar-refractivity contribution in [3.05, 3.63) is 29.3 Å². The Morgan fingerprint density at radius 2 is 1.95 bits per heavy atom. The summed E-state index contributed by atoms with van der Waals surface area (Å²) < 4.78 is 0. The minimum Gasteiger partial charge on any atom is -0.377 e. The van der Waals surface area contributed by atoms with Crippen molar-refractivity contribution in [2.24, 2.45) is 10.7 Å². The molecular weight excluding hydrogens is 236 g/mol. The van der Waals surface area contributed by atoms with Crippen LogP contribution in [0.5, 0.6) is 0 Å². The van der Waals surface area contributed by atoms with Gasteiger partial charge in [-0.15, -0.1) is 0 Å². The van der Waals surface area contributed by atoms with E-state index in [1.807, 2.05) is 14.1 Å². The maximum atomic E-state index is 5.89. The van der Waals surface area contributed by atoms with E-state index in [1.165, 1.54) is 16.8 Å². The Labute approximate surface area is 116 Å². The van der Waals surface area contributed by atoms with E-state index in [1.54, 1.807) is 0 Å². The van der Waals surface area contributed by atoms with Crippen LogP contribution in [0.3, 0.4) is 0 Å². The predicted molar refractivity (Wildman–Crippen MR) is 83.7 cm³/mol. The van der Waals surface area contributed by atoms with Gasteiger partial charge in [0, 0.05) is 25.3 Å². The van der Waals surface area contributed by atoms with E-state index in [0.717, 1.165) is 0 Å². The first-order valence-electron chi connectivity index (χ1n) is 6.54. The van der Waals surface area contributed by atoms with Crippen molar-refractivity contribution in [2.75, 3.05) is 19.0 Å². The number of nitrogens with zero attached hydrogens (tertiary/aromatic N) is 2. The summed E-state index contributed by atoms with van der Waals surface area (Å²) in [6.45, 7) is 8.86. The van der Waals surface area contributed by atoms with Crippen molar-refractivity contribution in [1.29, 1.82) is 0 Å². The van der Waals surface area contributed by atoms with Gasteiger partial charge < -0.3 is 16.0 Å². The topological polar surface area (TPSA) is 53.6 Å². The van der Waals surface area contributed by atoms with Crippen molar-refractivity contribution in [3.63, 3.8) is 0 Å². The summed E-state index contributed by atoms with van der Waals surface area (Å²) in [5, 5.41) is 3.16. The Hall–Kier alpha value is -1.71. The number of aliphatic imine (C=N–C) groups is 1. The van der Waals surface area contributed by atoms with Crippen LogP contribution in [-0.4, -0.2) is 25.6 Å². The van der Waals surface area contributed by atoms with Gasteiger partial charge in [0.1, 0.15) is 0 Å². The van der Waals surface area contributed by atoms with Crippen LogP contribution >= 0.6 is 0 Å². The zero-order valence-electron chi connectivity index (χ0n) is 12.9. The lowest BCUT2D eigenvalue weighted by Gasteiger charge is -2.21. The molecule has 4 heteroatoms. The first-order chi connectivity index (χ1) is 8.69. The standard InChI is InChI=1S/C15H26N4/c1-11-7-8-12(13(9-11)19(5)6)10-17-14(16)18-15(2,3)4/h7-9H,10H2,1-6H3,(H3,16,17,18). The molecule has 1 aromatic carbocycles. The average molecular weight is 262 g/mol.